The van der Waals surface area contributed by atoms with Gasteiger partial charge in [-0.25, -0.2) is 8.78 Å². The molecule has 0 fully saturated rings. The topological polar surface area (TPSA) is 17.1 Å². The third-order valence-corrected chi connectivity index (χ3v) is 2.36. The Kier molecular flexibility index (Phi) is 2.95. The summed E-state index contributed by atoms with van der Waals surface area (Å²) < 4.78 is 38.0. The van der Waals surface area contributed by atoms with Gasteiger partial charge in [-0.05, 0) is 35.4 Å². The molecule has 0 saturated carbocycles. The molecule has 0 aliphatic rings. The fourth-order valence-electron chi connectivity index (χ4n) is 1.47. The van der Waals surface area contributed by atoms with Crippen LogP contribution in [-0.4, -0.2) is 6.04 Å². The number of hydrogen-bond donors (Lipinski definition) is 0. The van der Waals surface area contributed by atoms with Gasteiger partial charge in [-0.15, -0.1) is 0 Å². The first-order valence-corrected chi connectivity index (χ1v) is 4.83. The van der Waals surface area contributed by atoms with E-state index in [9.17, 15) is 18.0 Å². The minimum absolute atomic E-state index is 0.0728. The number of hydrogen-bond acceptors (Lipinski definition) is 1. The molecule has 0 spiro atoms. The Morgan fingerprint density at radius 3 is 1.94 bits per heavy atom. The van der Waals surface area contributed by atoms with Gasteiger partial charge in [0.2, 0.25) is 0 Å². The Bertz CT molecular complexity index is 561. The standard InChI is InChI=1S/C13H7F3O/c14-11-6-5-10(7-12(11)15)8-1-3-9(4-2-8)13(16)17/h1-7H. The molecule has 0 aliphatic carbocycles. The Balaban J connectivity index is 2.39. The van der Waals surface area contributed by atoms with E-state index < -0.39 is 17.7 Å². The summed E-state index contributed by atoms with van der Waals surface area (Å²) in [6, 6.07) is 7.46. The second-order valence-electron chi connectivity index (χ2n) is 3.48. The molecule has 2 aromatic rings. The summed E-state index contributed by atoms with van der Waals surface area (Å²) in [4.78, 5) is 10.4. The zero-order valence-corrected chi connectivity index (χ0v) is 8.58. The molecule has 0 aromatic heterocycles. The molecule has 0 unspecified atom stereocenters. The Morgan fingerprint density at radius 1 is 0.824 bits per heavy atom. The fourth-order valence-corrected chi connectivity index (χ4v) is 1.47. The summed E-state index contributed by atoms with van der Waals surface area (Å²) in [5.41, 5.74) is 0.965. The molecule has 17 heavy (non-hydrogen) atoms. The van der Waals surface area contributed by atoms with Gasteiger partial charge in [-0.2, -0.15) is 4.39 Å². The van der Waals surface area contributed by atoms with Crippen molar-refractivity contribution in [3.8, 4) is 11.1 Å². The van der Waals surface area contributed by atoms with Gasteiger partial charge < -0.3 is 0 Å². The number of benzene rings is 2. The van der Waals surface area contributed by atoms with Crippen molar-refractivity contribution in [2.45, 2.75) is 0 Å². The third kappa shape index (κ3) is 2.36. The summed E-state index contributed by atoms with van der Waals surface area (Å²) in [5.74, 6) is -1.88. The highest BCUT2D eigenvalue weighted by molar-refractivity contribution is 5.89. The normalized spacial score (nSPS) is 10.3. The van der Waals surface area contributed by atoms with Gasteiger partial charge in [0.05, 0.1) is 5.56 Å². The summed E-state index contributed by atoms with van der Waals surface area (Å²) in [7, 11) is 0. The van der Waals surface area contributed by atoms with Crippen molar-refractivity contribution in [3.63, 3.8) is 0 Å². The van der Waals surface area contributed by atoms with E-state index in [1.54, 1.807) is 0 Å². The van der Waals surface area contributed by atoms with Crippen LogP contribution in [0.5, 0.6) is 0 Å². The summed E-state index contributed by atoms with van der Waals surface area (Å²) in [5, 5.41) is 0. The van der Waals surface area contributed by atoms with E-state index in [4.69, 9.17) is 0 Å². The highest BCUT2D eigenvalue weighted by Gasteiger charge is 2.06. The van der Waals surface area contributed by atoms with Crippen LogP contribution in [-0.2, 0) is 0 Å². The maximum Gasteiger partial charge on any atom is 0.332 e. The van der Waals surface area contributed by atoms with Crippen molar-refractivity contribution < 1.29 is 18.0 Å². The van der Waals surface area contributed by atoms with E-state index in [0.717, 1.165) is 12.1 Å². The number of halogens is 3. The van der Waals surface area contributed by atoms with Crippen LogP contribution >= 0.6 is 0 Å². The molecular formula is C13H7F3O. The molecule has 0 radical (unpaired) electrons. The quantitative estimate of drug-likeness (QED) is 0.726. The Labute approximate surface area is 95.5 Å². The van der Waals surface area contributed by atoms with Crippen LogP contribution in [0.15, 0.2) is 42.5 Å². The van der Waals surface area contributed by atoms with Gasteiger partial charge in [0, 0.05) is 0 Å². The van der Waals surface area contributed by atoms with E-state index in [0.29, 0.717) is 11.1 Å². The summed E-state index contributed by atoms with van der Waals surface area (Å²) in [6.07, 6.45) is 0. The van der Waals surface area contributed by atoms with Crippen LogP contribution in [0.1, 0.15) is 10.4 Å². The van der Waals surface area contributed by atoms with Gasteiger partial charge in [-0.3, -0.25) is 4.79 Å². The minimum Gasteiger partial charge on any atom is -0.255 e. The highest BCUT2D eigenvalue weighted by Crippen LogP contribution is 2.22. The molecule has 0 bridgehead atoms. The minimum atomic E-state index is -1.53. The lowest BCUT2D eigenvalue weighted by atomic mass is 10.0. The smallest absolute Gasteiger partial charge is 0.255 e. The third-order valence-electron chi connectivity index (χ3n) is 2.36. The molecule has 0 aliphatic heterocycles. The van der Waals surface area contributed by atoms with Gasteiger partial charge in [-0.1, -0.05) is 18.2 Å². The van der Waals surface area contributed by atoms with Crippen molar-refractivity contribution in [3.05, 3.63) is 59.7 Å². The van der Waals surface area contributed by atoms with E-state index in [1.165, 1.54) is 30.3 Å². The van der Waals surface area contributed by atoms with Gasteiger partial charge in [0.25, 0.3) is 0 Å². The lowest BCUT2D eigenvalue weighted by Crippen LogP contribution is -1.90. The average molecular weight is 236 g/mol. The summed E-state index contributed by atoms with van der Waals surface area (Å²) >= 11 is 0. The molecule has 4 heteroatoms. The maximum atomic E-state index is 13.0. The molecule has 0 atom stereocenters. The van der Waals surface area contributed by atoms with Crippen LogP contribution in [0.2, 0.25) is 0 Å². The van der Waals surface area contributed by atoms with Crippen molar-refractivity contribution in [1.82, 2.24) is 0 Å². The highest BCUT2D eigenvalue weighted by atomic mass is 19.2. The molecule has 0 heterocycles. The van der Waals surface area contributed by atoms with Crippen LogP contribution in [0.4, 0.5) is 13.2 Å². The molecule has 0 amide bonds. The molecule has 1 nitrogen and oxygen atoms in total. The molecule has 0 N–H and O–H groups in total. The van der Waals surface area contributed by atoms with Crippen LogP contribution in [0.25, 0.3) is 11.1 Å². The molecular weight excluding hydrogens is 229 g/mol. The second kappa shape index (κ2) is 4.41. The van der Waals surface area contributed by atoms with Crippen molar-refractivity contribution in [2.24, 2.45) is 0 Å². The van der Waals surface area contributed by atoms with Crippen LogP contribution < -0.4 is 0 Å². The monoisotopic (exact) mass is 236 g/mol. The second-order valence-corrected chi connectivity index (χ2v) is 3.48. The fraction of sp³-hybridized carbons (Fsp3) is 0. The van der Waals surface area contributed by atoms with E-state index in [2.05, 4.69) is 0 Å². The molecule has 2 rings (SSSR count). The van der Waals surface area contributed by atoms with Crippen LogP contribution in [0.3, 0.4) is 0 Å². The summed E-state index contributed by atoms with van der Waals surface area (Å²) in [6.45, 7) is 0. The average Bonchev–Trinajstić information content (AvgIpc) is 2.33. The first-order chi connectivity index (χ1) is 8.08. The lowest BCUT2D eigenvalue weighted by molar-refractivity contribution is 0.0836. The predicted molar refractivity (Wildman–Crippen MR) is 57.2 cm³/mol. The van der Waals surface area contributed by atoms with E-state index >= 15 is 0 Å². The van der Waals surface area contributed by atoms with Crippen molar-refractivity contribution in [1.29, 1.82) is 0 Å². The lowest BCUT2D eigenvalue weighted by Gasteiger charge is -2.02. The number of carbonyl (C=O) groups is 1. The molecule has 2 aromatic carbocycles. The molecule has 86 valence electrons. The van der Waals surface area contributed by atoms with E-state index in [-0.39, 0.29) is 5.56 Å². The number of rotatable bonds is 2. The van der Waals surface area contributed by atoms with Crippen molar-refractivity contribution >= 4 is 6.04 Å². The SMILES string of the molecule is O=C(F)c1ccc(-c2ccc(F)c(F)c2)cc1. The zero-order chi connectivity index (χ0) is 12.4. The first-order valence-electron chi connectivity index (χ1n) is 4.83. The van der Waals surface area contributed by atoms with Crippen LogP contribution in [0, 0.1) is 11.6 Å². The van der Waals surface area contributed by atoms with Gasteiger partial charge in [0.1, 0.15) is 0 Å². The predicted octanol–water partition coefficient (Wildman–Crippen LogP) is 3.74. The molecule has 0 saturated heterocycles. The largest absolute Gasteiger partial charge is 0.332 e. The van der Waals surface area contributed by atoms with E-state index in [1.807, 2.05) is 0 Å². The number of carbonyl (C=O) groups excluding carboxylic acids is 1. The van der Waals surface area contributed by atoms with Crippen molar-refractivity contribution in [2.75, 3.05) is 0 Å². The Morgan fingerprint density at radius 2 is 1.41 bits per heavy atom. The Hall–Kier alpha value is -2.10. The first kappa shape index (κ1) is 11.4. The zero-order valence-electron chi connectivity index (χ0n) is 8.58. The van der Waals surface area contributed by atoms with Gasteiger partial charge in [0.15, 0.2) is 11.6 Å². The van der Waals surface area contributed by atoms with Gasteiger partial charge >= 0.3 is 6.04 Å². The maximum absolute atomic E-state index is 13.0.